The average molecular weight is 242 g/mol. The van der Waals surface area contributed by atoms with Crippen molar-refractivity contribution in [2.75, 3.05) is 13.2 Å². The Morgan fingerprint density at radius 2 is 1.82 bits per heavy atom. The molecular formula is C14H26O3. The van der Waals surface area contributed by atoms with E-state index in [2.05, 4.69) is 0 Å². The van der Waals surface area contributed by atoms with Crippen molar-refractivity contribution < 1.29 is 14.3 Å². The molecule has 1 aliphatic heterocycles. The lowest BCUT2D eigenvalue weighted by Crippen LogP contribution is -2.04. The molecule has 1 aliphatic rings. The quantitative estimate of drug-likeness (QED) is 0.316. The minimum atomic E-state index is -0.0299. The molecule has 0 saturated carbocycles. The maximum atomic E-state index is 11.2. The van der Waals surface area contributed by atoms with Crippen LogP contribution in [0.3, 0.4) is 0 Å². The van der Waals surface area contributed by atoms with Gasteiger partial charge < -0.3 is 9.47 Å². The highest BCUT2D eigenvalue weighted by molar-refractivity contribution is 5.69. The second-order valence-corrected chi connectivity index (χ2v) is 4.84. The van der Waals surface area contributed by atoms with Crippen LogP contribution in [-0.2, 0) is 14.3 Å². The number of epoxide rings is 1. The van der Waals surface area contributed by atoms with Crippen LogP contribution >= 0.6 is 0 Å². The Bertz CT molecular complexity index is 200. The number of ether oxygens (including phenoxy) is 2. The maximum absolute atomic E-state index is 11.2. The first-order chi connectivity index (χ1) is 8.33. The first-order valence-electron chi connectivity index (χ1n) is 7.10. The highest BCUT2D eigenvalue weighted by Gasteiger charge is 2.20. The van der Waals surface area contributed by atoms with Gasteiger partial charge in [-0.05, 0) is 19.3 Å². The van der Waals surface area contributed by atoms with Gasteiger partial charge in [-0.25, -0.2) is 0 Å². The van der Waals surface area contributed by atoms with Crippen molar-refractivity contribution in [1.82, 2.24) is 0 Å². The second-order valence-electron chi connectivity index (χ2n) is 4.84. The van der Waals surface area contributed by atoms with Crippen LogP contribution in [0, 0.1) is 0 Å². The normalized spacial score (nSPS) is 18.1. The molecule has 0 aromatic carbocycles. The molecule has 3 heteroatoms. The lowest BCUT2D eigenvalue weighted by Gasteiger charge is -2.03. The molecule has 0 radical (unpaired) electrons. The third kappa shape index (κ3) is 9.16. The van der Waals surface area contributed by atoms with Crippen LogP contribution < -0.4 is 0 Å². The molecule has 1 saturated heterocycles. The third-order valence-electron chi connectivity index (χ3n) is 3.03. The van der Waals surface area contributed by atoms with E-state index in [1.54, 1.807) is 0 Å². The third-order valence-corrected chi connectivity index (χ3v) is 3.03. The number of hydrogen-bond donors (Lipinski definition) is 0. The molecule has 1 fully saturated rings. The second kappa shape index (κ2) is 9.46. The molecule has 0 aromatic heterocycles. The van der Waals surface area contributed by atoms with Crippen molar-refractivity contribution >= 4 is 5.97 Å². The summed E-state index contributed by atoms with van der Waals surface area (Å²) < 4.78 is 10.2. The zero-order valence-electron chi connectivity index (χ0n) is 11.1. The Morgan fingerprint density at radius 3 is 2.47 bits per heavy atom. The lowest BCUT2D eigenvalue weighted by atomic mass is 10.1. The molecular weight excluding hydrogens is 216 g/mol. The topological polar surface area (TPSA) is 38.8 Å². The minimum Gasteiger partial charge on any atom is -0.466 e. The van der Waals surface area contributed by atoms with Crippen LogP contribution in [0.4, 0.5) is 0 Å². The summed E-state index contributed by atoms with van der Waals surface area (Å²) in [5.41, 5.74) is 0. The van der Waals surface area contributed by atoms with Crippen LogP contribution in [-0.4, -0.2) is 25.3 Å². The summed E-state index contributed by atoms with van der Waals surface area (Å²) in [6, 6.07) is 0. The van der Waals surface area contributed by atoms with E-state index in [1.807, 2.05) is 6.92 Å². The Balaban J connectivity index is 1.72. The van der Waals surface area contributed by atoms with Gasteiger partial charge in [-0.2, -0.15) is 0 Å². The highest BCUT2D eigenvalue weighted by atomic mass is 16.6. The Kier molecular flexibility index (Phi) is 8.06. The number of esters is 1. The number of hydrogen-bond acceptors (Lipinski definition) is 3. The average Bonchev–Trinajstić information content (AvgIpc) is 3.14. The summed E-state index contributed by atoms with van der Waals surface area (Å²) >= 11 is 0. The molecule has 0 amide bonds. The monoisotopic (exact) mass is 242 g/mol. The van der Waals surface area contributed by atoms with Gasteiger partial charge in [0.25, 0.3) is 0 Å². The van der Waals surface area contributed by atoms with Crippen molar-refractivity contribution in [3.8, 4) is 0 Å². The highest BCUT2D eigenvalue weighted by Crippen LogP contribution is 2.18. The van der Waals surface area contributed by atoms with Gasteiger partial charge in [-0.1, -0.05) is 39.0 Å². The van der Waals surface area contributed by atoms with E-state index >= 15 is 0 Å². The molecule has 3 nitrogen and oxygen atoms in total. The van der Waals surface area contributed by atoms with Gasteiger partial charge in [0.15, 0.2) is 0 Å². The number of rotatable bonds is 11. The summed E-state index contributed by atoms with van der Waals surface area (Å²) in [7, 11) is 0. The largest absolute Gasteiger partial charge is 0.466 e. The van der Waals surface area contributed by atoms with Crippen LogP contribution in [0.2, 0.25) is 0 Å². The van der Waals surface area contributed by atoms with Crippen molar-refractivity contribution in [2.24, 2.45) is 0 Å². The van der Waals surface area contributed by atoms with Crippen molar-refractivity contribution in [1.29, 1.82) is 0 Å². The Morgan fingerprint density at radius 1 is 1.18 bits per heavy atom. The molecule has 1 heterocycles. The number of carbonyl (C=O) groups is 1. The molecule has 17 heavy (non-hydrogen) atoms. The predicted molar refractivity (Wildman–Crippen MR) is 67.9 cm³/mol. The summed E-state index contributed by atoms with van der Waals surface area (Å²) in [6.07, 6.45) is 10.6. The molecule has 0 aromatic rings. The first-order valence-corrected chi connectivity index (χ1v) is 7.10. The molecule has 1 rings (SSSR count). The van der Waals surface area contributed by atoms with Gasteiger partial charge in [0, 0.05) is 6.42 Å². The van der Waals surface area contributed by atoms with E-state index in [0.29, 0.717) is 19.1 Å². The van der Waals surface area contributed by atoms with Gasteiger partial charge in [-0.3, -0.25) is 4.79 Å². The van der Waals surface area contributed by atoms with Crippen molar-refractivity contribution in [2.45, 2.75) is 70.8 Å². The van der Waals surface area contributed by atoms with Crippen molar-refractivity contribution in [3.05, 3.63) is 0 Å². The predicted octanol–water partition coefficient (Wildman–Crippen LogP) is 3.46. The SMILES string of the molecule is CCCOC(=O)CCCCCCCCC1CO1. The summed E-state index contributed by atoms with van der Waals surface area (Å²) in [4.78, 5) is 11.2. The van der Waals surface area contributed by atoms with E-state index in [1.165, 1.54) is 32.1 Å². The fraction of sp³-hybridized carbons (Fsp3) is 0.929. The fourth-order valence-electron chi connectivity index (χ4n) is 1.87. The lowest BCUT2D eigenvalue weighted by molar-refractivity contribution is -0.143. The zero-order valence-corrected chi connectivity index (χ0v) is 11.1. The molecule has 0 N–H and O–H groups in total. The summed E-state index contributed by atoms with van der Waals surface area (Å²) in [5, 5.41) is 0. The minimum absolute atomic E-state index is 0.0299. The zero-order chi connectivity index (χ0) is 12.3. The number of carbonyl (C=O) groups excluding carboxylic acids is 1. The maximum Gasteiger partial charge on any atom is 0.305 e. The van der Waals surface area contributed by atoms with Crippen LogP contribution in [0.25, 0.3) is 0 Å². The molecule has 0 spiro atoms. The van der Waals surface area contributed by atoms with Gasteiger partial charge >= 0.3 is 5.97 Å². The summed E-state index contributed by atoms with van der Waals surface area (Å²) in [5.74, 6) is -0.0299. The van der Waals surface area contributed by atoms with Gasteiger partial charge in [0.05, 0.1) is 19.3 Å². The standard InChI is InChI=1S/C14H26O3/c1-2-11-16-14(15)10-8-6-4-3-5-7-9-13-12-17-13/h13H,2-12H2,1H3. The molecule has 1 unspecified atom stereocenters. The number of unbranched alkanes of at least 4 members (excludes halogenated alkanes) is 5. The molecule has 0 aliphatic carbocycles. The van der Waals surface area contributed by atoms with E-state index in [4.69, 9.17) is 9.47 Å². The van der Waals surface area contributed by atoms with E-state index in [-0.39, 0.29) is 5.97 Å². The van der Waals surface area contributed by atoms with E-state index in [9.17, 15) is 4.79 Å². The Hall–Kier alpha value is -0.570. The fourth-order valence-corrected chi connectivity index (χ4v) is 1.87. The summed E-state index contributed by atoms with van der Waals surface area (Å²) in [6.45, 7) is 3.57. The van der Waals surface area contributed by atoms with E-state index in [0.717, 1.165) is 25.9 Å². The molecule has 1 atom stereocenters. The Labute approximate surface area is 105 Å². The van der Waals surface area contributed by atoms with Gasteiger partial charge in [0.2, 0.25) is 0 Å². The first kappa shape index (κ1) is 14.5. The molecule has 100 valence electrons. The molecule has 0 bridgehead atoms. The van der Waals surface area contributed by atoms with Gasteiger partial charge in [0.1, 0.15) is 0 Å². The van der Waals surface area contributed by atoms with Crippen LogP contribution in [0.1, 0.15) is 64.7 Å². The smallest absolute Gasteiger partial charge is 0.305 e. The van der Waals surface area contributed by atoms with E-state index < -0.39 is 0 Å². The van der Waals surface area contributed by atoms with Crippen molar-refractivity contribution in [3.63, 3.8) is 0 Å². The van der Waals surface area contributed by atoms with Crippen LogP contribution in [0.15, 0.2) is 0 Å². The van der Waals surface area contributed by atoms with Crippen LogP contribution in [0.5, 0.6) is 0 Å². The van der Waals surface area contributed by atoms with Gasteiger partial charge in [-0.15, -0.1) is 0 Å².